The molecule has 6 heteroatoms. The Balaban J connectivity index is 0. The third-order valence-electron chi connectivity index (χ3n) is 1.24. The van der Waals surface area contributed by atoms with Crippen LogP contribution in [0.4, 0.5) is 0 Å². The molecule has 5 nitrogen and oxygen atoms in total. The summed E-state index contributed by atoms with van der Waals surface area (Å²) < 4.78 is 15.2. The Morgan fingerprint density at radius 1 is 0.786 bits per heavy atom. The third kappa shape index (κ3) is 14.9. The van der Waals surface area contributed by atoms with Crippen LogP contribution in [0.15, 0.2) is 0 Å². The van der Waals surface area contributed by atoms with Gasteiger partial charge in [-0.25, -0.2) is 0 Å². The van der Waals surface area contributed by atoms with Gasteiger partial charge in [0.15, 0.2) is 0 Å². The van der Waals surface area contributed by atoms with Crippen molar-refractivity contribution in [3.63, 3.8) is 0 Å². The molecule has 0 bridgehead atoms. The Morgan fingerprint density at radius 2 is 1.21 bits per heavy atom. The second kappa shape index (κ2) is 15.8. The molecule has 3 N–H and O–H groups in total. The van der Waals surface area contributed by atoms with Crippen LogP contribution < -0.4 is 5.73 Å². The first-order chi connectivity index (χ1) is 6.41. The van der Waals surface area contributed by atoms with E-state index in [1.54, 1.807) is 0 Å². The minimum Gasteiger partial charge on any atom is -0.394 e. The number of rotatable bonds is 10. The maximum absolute atomic E-state index is 8.37. The van der Waals surface area contributed by atoms with E-state index in [-0.39, 0.29) is 25.2 Å². The average Bonchev–Trinajstić information content (AvgIpc) is 2.16. The Labute approximate surface area is 96.8 Å². The summed E-state index contributed by atoms with van der Waals surface area (Å²) in [5, 5.41) is 8.37. The van der Waals surface area contributed by atoms with Crippen molar-refractivity contribution in [1.29, 1.82) is 0 Å². The molecule has 0 saturated carbocycles. The van der Waals surface area contributed by atoms with Gasteiger partial charge in [0.2, 0.25) is 0 Å². The molecule has 0 aromatic rings. The van der Waals surface area contributed by atoms with Crippen molar-refractivity contribution in [3.05, 3.63) is 0 Å². The summed E-state index contributed by atoms with van der Waals surface area (Å²) in [6, 6.07) is 0. The Morgan fingerprint density at radius 3 is 1.64 bits per heavy atom. The fourth-order valence-corrected chi connectivity index (χ4v) is 0.690. The molecule has 0 fully saturated rings. The SMILES string of the molecule is NCCOCCOCCOCCO.[V]. The van der Waals surface area contributed by atoms with Crippen LogP contribution in [0.2, 0.25) is 0 Å². The van der Waals surface area contributed by atoms with E-state index in [4.69, 9.17) is 25.1 Å². The van der Waals surface area contributed by atoms with E-state index in [1.807, 2.05) is 0 Å². The number of nitrogens with two attached hydrogens (primary N) is 1. The van der Waals surface area contributed by atoms with Crippen molar-refractivity contribution < 1.29 is 37.9 Å². The third-order valence-corrected chi connectivity index (χ3v) is 1.24. The van der Waals surface area contributed by atoms with E-state index >= 15 is 0 Å². The van der Waals surface area contributed by atoms with Crippen molar-refractivity contribution in [2.24, 2.45) is 5.73 Å². The van der Waals surface area contributed by atoms with Crippen LogP contribution in [0.25, 0.3) is 0 Å². The number of aliphatic hydroxyl groups is 1. The predicted molar refractivity (Wildman–Crippen MR) is 48.6 cm³/mol. The second-order valence-corrected chi connectivity index (χ2v) is 2.35. The number of aliphatic hydroxyl groups excluding tert-OH is 1. The molecule has 0 amide bonds. The van der Waals surface area contributed by atoms with E-state index in [0.29, 0.717) is 46.2 Å². The van der Waals surface area contributed by atoms with Gasteiger partial charge in [0, 0.05) is 25.1 Å². The minimum atomic E-state index is 0. The smallest absolute Gasteiger partial charge is 0.0701 e. The summed E-state index contributed by atoms with van der Waals surface area (Å²) in [6.45, 7) is 3.71. The zero-order chi connectivity index (χ0) is 9.78. The fourth-order valence-electron chi connectivity index (χ4n) is 0.690. The quantitative estimate of drug-likeness (QED) is 0.481. The van der Waals surface area contributed by atoms with Crippen molar-refractivity contribution >= 4 is 0 Å². The fraction of sp³-hybridized carbons (Fsp3) is 1.00. The zero-order valence-electron chi connectivity index (χ0n) is 8.35. The Hall–Kier alpha value is 0.384. The molecule has 0 saturated heterocycles. The van der Waals surface area contributed by atoms with Crippen LogP contribution in [-0.4, -0.2) is 57.9 Å². The van der Waals surface area contributed by atoms with Gasteiger partial charge in [0.1, 0.15) is 0 Å². The molecular weight excluding hydrogens is 225 g/mol. The van der Waals surface area contributed by atoms with Gasteiger partial charge < -0.3 is 25.1 Å². The standard InChI is InChI=1S/C8H19NO4.V/c9-1-3-11-5-7-13-8-6-12-4-2-10;/h10H,1-9H2;. The van der Waals surface area contributed by atoms with Crippen LogP contribution in [0, 0.1) is 0 Å². The van der Waals surface area contributed by atoms with Gasteiger partial charge in [-0.1, -0.05) is 0 Å². The van der Waals surface area contributed by atoms with E-state index in [2.05, 4.69) is 0 Å². The first kappa shape index (κ1) is 16.8. The topological polar surface area (TPSA) is 73.9 Å². The van der Waals surface area contributed by atoms with Crippen molar-refractivity contribution in [2.45, 2.75) is 0 Å². The van der Waals surface area contributed by atoms with Gasteiger partial charge in [-0.2, -0.15) is 0 Å². The van der Waals surface area contributed by atoms with E-state index in [0.717, 1.165) is 0 Å². The summed E-state index contributed by atoms with van der Waals surface area (Å²) >= 11 is 0. The minimum absolute atomic E-state index is 0. The van der Waals surface area contributed by atoms with Crippen LogP contribution in [0.5, 0.6) is 0 Å². The van der Waals surface area contributed by atoms with Crippen molar-refractivity contribution in [3.8, 4) is 0 Å². The van der Waals surface area contributed by atoms with Gasteiger partial charge in [0.05, 0.1) is 46.2 Å². The maximum atomic E-state index is 8.37. The first-order valence-electron chi connectivity index (χ1n) is 4.46. The average molecular weight is 244 g/mol. The van der Waals surface area contributed by atoms with Crippen molar-refractivity contribution in [1.82, 2.24) is 0 Å². The largest absolute Gasteiger partial charge is 0.394 e. The normalized spacial score (nSPS) is 9.86. The van der Waals surface area contributed by atoms with E-state index < -0.39 is 0 Å². The van der Waals surface area contributed by atoms with Crippen LogP contribution >= 0.6 is 0 Å². The molecule has 0 heterocycles. The van der Waals surface area contributed by atoms with Gasteiger partial charge in [-0.3, -0.25) is 0 Å². The van der Waals surface area contributed by atoms with Crippen LogP contribution in [-0.2, 0) is 32.8 Å². The van der Waals surface area contributed by atoms with Gasteiger partial charge in [0.25, 0.3) is 0 Å². The molecule has 0 aromatic heterocycles. The number of hydrogen-bond donors (Lipinski definition) is 2. The number of hydrogen-bond acceptors (Lipinski definition) is 5. The zero-order valence-corrected chi connectivity index (χ0v) is 9.75. The summed E-state index contributed by atoms with van der Waals surface area (Å²) in [6.07, 6.45) is 0. The van der Waals surface area contributed by atoms with Crippen LogP contribution in [0.1, 0.15) is 0 Å². The summed E-state index contributed by atoms with van der Waals surface area (Å²) in [4.78, 5) is 0. The Kier molecular flexibility index (Phi) is 19.0. The van der Waals surface area contributed by atoms with E-state index in [1.165, 1.54) is 0 Å². The molecule has 0 rings (SSSR count). The molecule has 0 aliphatic heterocycles. The Bertz CT molecular complexity index is 87.4. The molecule has 0 aliphatic rings. The van der Waals surface area contributed by atoms with E-state index in [9.17, 15) is 0 Å². The molecule has 0 atom stereocenters. The molecule has 85 valence electrons. The number of ether oxygens (including phenoxy) is 3. The molecular formula is C8H19NO4V. The molecule has 0 spiro atoms. The summed E-state index contributed by atoms with van der Waals surface area (Å²) in [5.74, 6) is 0. The van der Waals surface area contributed by atoms with Crippen molar-refractivity contribution in [2.75, 3.05) is 52.8 Å². The monoisotopic (exact) mass is 244 g/mol. The first-order valence-corrected chi connectivity index (χ1v) is 4.46. The second-order valence-electron chi connectivity index (χ2n) is 2.35. The van der Waals surface area contributed by atoms with Gasteiger partial charge in [-0.05, 0) is 0 Å². The molecule has 0 unspecified atom stereocenters. The maximum Gasteiger partial charge on any atom is 0.0701 e. The molecule has 0 aliphatic carbocycles. The summed E-state index contributed by atoms with van der Waals surface area (Å²) in [5.41, 5.74) is 5.21. The summed E-state index contributed by atoms with van der Waals surface area (Å²) in [7, 11) is 0. The molecule has 0 aromatic carbocycles. The predicted octanol–water partition coefficient (Wildman–Crippen LogP) is -1.02. The molecule has 1 radical (unpaired) electrons. The van der Waals surface area contributed by atoms with Gasteiger partial charge >= 0.3 is 0 Å². The molecule has 14 heavy (non-hydrogen) atoms. The van der Waals surface area contributed by atoms with Gasteiger partial charge in [-0.15, -0.1) is 0 Å². The van der Waals surface area contributed by atoms with Crippen LogP contribution in [0.3, 0.4) is 0 Å².